The van der Waals surface area contributed by atoms with Gasteiger partial charge in [-0.15, -0.1) is 0 Å². The third-order valence-corrected chi connectivity index (χ3v) is 3.40. The van der Waals surface area contributed by atoms with E-state index < -0.39 is 0 Å². The number of carbonyl (C=O) groups excluding carboxylic acids is 1. The molecule has 1 saturated carbocycles. The molecule has 15 heavy (non-hydrogen) atoms. The summed E-state index contributed by atoms with van der Waals surface area (Å²) < 4.78 is 5.43. The second-order valence-corrected chi connectivity index (χ2v) is 5.01. The molecule has 2 heteroatoms. The molecule has 86 valence electrons. The molecule has 3 atom stereocenters. The first kappa shape index (κ1) is 12.3. The fraction of sp³-hybridized carbons (Fsp3) is 0.769. The van der Waals surface area contributed by atoms with Crippen LogP contribution in [0.15, 0.2) is 12.7 Å². The monoisotopic (exact) mass is 210 g/mol. The lowest BCUT2D eigenvalue weighted by Crippen LogP contribution is -2.35. The molecule has 1 aliphatic rings. The van der Waals surface area contributed by atoms with E-state index >= 15 is 0 Å². The molecule has 0 N–H and O–H groups in total. The second-order valence-electron chi connectivity index (χ2n) is 5.01. The van der Waals surface area contributed by atoms with Crippen LogP contribution in [0.25, 0.3) is 0 Å². The van der Waals surface area contributed by atoms with Crippen molar-refractivity contribution in [2.75, 3.05) is 0 Å². The lowest BCUT2D eigenvalue weighted by molar-refractivity contribution is -0.149. The Morgan fingerprint density at radius 2 is 2.13 bits per heavy atom. The largest absolute Gasteiger partial charge is 0.459 e. The molecule has 0 heterocycles. The Morgan fingerprint density at radius 3 is 2.67 bits per heavy atom. The number of rotatable bonds is 3. The summed E-state index contributed by atoms with van der Waals surface area (Å²) in [6.07, 6.45) is 4.79. The average molecular weight is 210 g/mol. The minimum Gasteiger partial charge on any atom is -0.459 e. The molecule has 0 spiro atoms. The van der Waals surface area contributed by atoms with Crippen molar-refractivity contribution in [1.29, 1.82) is 0 Å². The van der Waals surface area contributed by atoms with Crippen molar-refractivity contribution in [2.45, 2.75) is 46.1 Å². The van der Waals surface area contributed by atoms with Crippen molar-refractivity contribution in [1.82, 2.24) is 0 Å². The van der Waals surface area contributed by atoms with Gasteiger partial charge in [0.1, 0.15) is 6.10 Å². The number of carbonyl (C=O) groups is 1. The van der Waals surface area contributed by atoms with Crippen molar-refractivity contribution in [2.24, 2.45) is 17.8 Å². The molecule has 0 saturated heterocycles. The molecular weight excluding hydrogens is 188 g/mol. The van der Waals surface area contributed by atoms with Crippen LogP contribution in [0.5, 0.6) is 0 Å². The van der Waals surface area contributed by atoms with E-state index in [4.69, 9.17) is 4.74 Å². The molecule has 1 fully saturated rings. The molecule has 1 rings (SSSR count). The van der Waals surface area contributed by atoms with Crippen molar-refractivity contribution in [3.05, 3.63) is 12.7 Å². The van der Waals surface area contributed by atoms with E-state index in [9.17, 15) is 4.79 Å². The Bertz CT molecular complexity index is 233. The lowest BCUT2D eigenvalue weighted by atomic mass is 9.75. The van der Waals surface area contributed by atoms with Crippen molar-refractivity contribution >= 4 is 5.97 Å². The van der Waals surface area contributed by atoms with Crippen molar-refractivity contribution < 1.29 is 9.53 Å². The lowest BCUT2D eigenvalue weighted by Gasteiger charge is -2.36. The van der Waals surface area contributed by atoms with E-state index in [2.05, 4.69) is 27.4 Å². The van der Waals surface area contributed by atoms with Crippen LogP contribution < -0.4 is 0 Å². The van der Waals surface area contributed by atoms with Gasteiger partial charge in [-0.3, -0.25) is 0 Å². The van der Waals surface area contributed by atoms with Gasteiger partial charge in [-0.05, 0) is 30.6 Å². The van der Waals surface area contributed by atoms with Gasteiger partial charge in [0, 0.05) is 6.08 Å². The van der Waals surface area contributed by atoms with Gasteiger partial charge >= 0.3 is 5.97 Å². The third kappa shape index (κ3) is 3.37. The molecule has 0 bridgehead atoms. The topological polar surface area (TPSA) is 26.3 Å². The molecule has 0 aromatic carbocycles. The molecule has 2 nitrogen and oxygen atoms in total. The summed E-state index contributed by atoms with van der Waals surface area (Å²) in [6, 6.07) is 0. The van der Waals surface area contributed by atoms with Crippen LogP contribution >= 0.6 is 0 Å². The van der Waals surface area contributed by atoms with Crippen LogP contribution in [-0.2, 0) is 9.53 Å². The summed E-state index contributed by atoms with van der Waals surface area (Å²) in [5.74, 6) is 1.49. The summed E-state index contributed by atoms with van der Waals surface area (Å²) in [4.78, 5) is 11.2. The highest BCUT2D eigenvalue weighted by atomic mass is 16.5. The van der Waals surface area contributed by atoms with Gasteiger partial charge in [0.2, 0.25) is 0 Å². The predicted molar refractivity (Wildman–Crippen MR) is 61.4 cm³/mol. The van der Waals surface area contributed by atoms with Gasteiger partial charge in [0.05, 0.1) is 0 Å². The fourth-order valence-electron chi connectivity index (χ4n) is 2.45. The van der Waals surface area contributed by atoms with Crippen LogP contribution in [0, 0.1) is 17.8 Å². The van der Waals surface area contributed by atoms with E-state index in [0.717, 1.165) is 6.42 Å². The molecule has 0 amide bonds. The zero-order chi connectivity index (χ0) is 11.4. The SMILES string of the molecule is C=CC(=O)O[C@@H]1CC(C)CCC1C(C)C. The summed E-state index contributed by atoms with van der Waals surface area (Å²) in [5.41, 5.74) is 0. The van der Waals surface area contributed by atoms with Gasteiger partial charge in [-0.1, -0.05) is 33.8 Å². The first-order valence-corrected chi connectivity index (χ1v) is 5.87. The summed E-state index contributed by atoms with van der Waals surface area (Å²) in [7, 11) is 0. The molecule has 0 aromatic rings. The van der Waals surface area contributed by atoms with Crippen molar-refractivity contribution in [3.8, 4) is 0 Å². The minimum absolute atomic E-state index is 0.0965. The first-order valence-electron chi connectivity index (χ1n) is 5.87. The minimum atomic E-state index is -0.278. The van der Waals surface area contributed by atoms with Crippen LogP contribution in [0.1, 0.15) is 40.0 Å². The quantitative estimate of drug-likeness (QED) is 0.528. The van der Waals surface area contributed by atoms with Gasteiger partial charge in [-0.2, -0.15) is 0 Å². The number of ether oxygens (including phenoxy) is 1. The third-order valence-electron chi connectivity index (χ3n) is 3.40. The summed E-state index contributed by atoms with van der Waals surface area (Å²) in [5, 5.41) is 0. The van der Waals surface area contributed by atoms with E-state index in [1.807, 2.05) is 0 Å². The Hall–Kier alpha value is -0.790. The molecule has 2 unspecified atom stereocenters. The maximum Gasteiger partial charge on any atom is 0.330 e. The maximum absolute atomic E-state index is 11.2. The standard InChI is InChI=1S/C13H22O2/c1-5-13(14)15-12-8-10(4)6-7-11(12)9(2)3/h5,9-12H,1,6-8H2,2-4H3/t10?,11?,12-/m1/s1. The van der Waals surface area contributed by atoms with Crippen LogP contribution in [-0.4, -0.2) is 12.1 Å². The Kier molecular flexibility index (Phi) is 4.37. The Morgan fingerprint density at radius 1 is 1.47 bits per heavy atom. The van der Waals surface area contributed by atoms with Gasteiger partial charge in [-0.25, -0.2) is 4.79 Å². The fourth-order valence-corrected chi connectivity index (χ4v) is 2.45. The van der Waals surface area contributed by atoms with Gasteiger partial charge < -0.3 is 4.74 Å². The zero-order valence-electron chi connectivity index (χ0n) is 10.0. The highest BCUT2D eigenvalue weighted by molar-refractivity contribution is 5.81. The van der Waals surface area contributed by atoms with Crippen LogP contribution in [0.3, 0.4) is 0 Å². The predicted octanol–water partition coefficient (Wildman–Crippen LogP) is 3.18. The van der Waals surface area contributed by atoms with Crippen LogP contribution in [0.4, 0.5) is 0 Å². The van der Waals surface area contributed by atoms with Crippen LogP contribution in [0.2, 0.25) is 0 Å². The number of hydrogen-bond donors (Lipinski definition) is 0. The summed E-state index contributed by atoms with van der Waals surface area (Å²) in [6.45, 7) is 10.1. The molecule has 0 radical (unpaired) electrons. The normalized spacial score (nSPS) is 31.3. The number of hydrogen-bond acceptors (Lipinski definition) is 2. The van der Waals surface area contributed by atoms with E-state index in [0.29, 0.717) is 17.8 Å². The van der Waals surface area contributed by atoms with E-state index in [1.165, 1.54) is 18.9 Å². The Balaban J connectivity index is 2.61. The maximum atomic E-state index is 11.2. The van der Waals surface area contributed by atoms with E-state index in [1.54, 1.807) is 0 Å². The van der Waals surface area contributed by atoms with Gasteiger partial charge in [0.25, 0.3) is 0 Å². The summed E-state index contributed by atoms with van der Waals surface area (Å²) >= 11 is 0. The molecule has 1 aliphatic carbocycles. The molecular formula is C13H22O2. The average Bonchev–Trinajstić information content (AvgIpc) is 2.17. The number of esters is 1. The first-order chi connectivity index (χ1) is 7.04. The highest BCUT2D eigenvalue weighted by Crippen LogP contribution is 2.35. The molecule has 0 aliphatic heterocycles. The second kappa shape index (κ2) is 5.34. The zero-order valence-corrected chi connectivity index (χ0v) is 10.0. The highest BCUT2D eigenvalue weighted by Gasteiger charge is 2.32. The van der Waals surface area contributed by atoms with Gasteiger partial charge in [0.15, 0.2) is 0 Å². The van der Waals surface area contributed by atoms with Crippen molar-refractivity contribution in [3.63, 3.8) is 0 Å². The Labute approximate surface area is 92.7 Å². The smallest absolute Gasteiger partial charge is 0.330 e. The van der Waals surface area contributed by atoms with E-state index in [-0.39, 0.29) is 12.1 Å². The molecule has 0 aromatic heterocycles.